The minimum absolute atomic E-state index is 0.0383. The molecule has 0 aliphatic carbocycles. The highest BCUT2D eigenvalue weighted by Crippen LogP contribution is 2.24. The molecule has 1 aromatic heterocycles. The van der Waals surface area contributed by atoms with Crippen molar-refractivity contribution in [1.29, 1.82) is 0 Å². The maximum absolute atomic E-state index is 13.5. The first-order valence-electron chi connectivity index (χ1n) is 10.8. The van der Waals surface area contributed by atoms with Crippen LogP contribution in [0.15, 0.2) is 78.9 Å². The Bertz CT molecular complexity index is 1180. The van der Waals surface area contributed by atoms with Crippen LogP contribution in [0.2, 0.25) is 0 Å². The van der Waals surface area contributed by atoms with Crippen LogP contribution in [0.3, 0.4) is 0 Å². The summed E-state index contributed by atoms with van der Waals surface area (Å²) in [7, 11) is 0. The third kappa shape index (κ3) is 4.33. The zero-order valence-corrected chi connectivity index (χ0v) is 17.8. The second-order valence-corrected chi connectivity index (χ2v) is 7.82. The van der Waals surface area contributed by atoms with Crippen LogP contribution in [0.25, 0.3) is 11.0 Å². The molecule has 4 aromatic rings. The van der Waals surface area contributed by atoms with Gasteiger partial charge < -0.3 is 14.5 Å². The van der Waals surface area contributed by atoms with Gasteiger partial charge in [0, 0.05) is 24.5 Å². The van der Waals surface area contributed by atoms with Crippen LogP contribution in [0, 0.1) is 0 Å². The highest BCUT2D eigenvalue weighted by Gasteiger charge is 2.19. The molecule has 2 heterocycles. The van der Waals surface area contributed by atoms with Gasteiger partial charge in [0.15, 0.2) is 0 Å². The fourth-order valence-electron chi connectivity index (χ4n) is 4.00. The van der Waals surface area contributed by atoms with E-state index in [1.807, 2.05) is 71.6 Å². The average Bonchev–Trinajstić information content (AvgIpc) is 3.26. The lowest BCUT2D eigenvalue weighted by Gasteiger charge is -2.29. The van der Waals surface area contributed by atoms with Crippen LogP contribution in [-0.4, -0.2) is 47.2 Å². The fourth-order valence-corrected chi connectivity index (χ4v) is 4.00. The molecule has 1 fully saturated rings. The molecule has 1 saturated heterocycles. The summed E-state index contributed by atoms with van der Waals surface area (Å²) >= 11 is 0. The van der Waals surface area contributed by atoms with E-state index in [4.69, 9.17) is 4.74 Å². The van der Waals surface area contributed by atoms with E-state index in [1.165, 1.54) is 0 Å². The monoisotopic (exact) mass is 427 g/mol. The van der Waals surface area contributed by atoms with Crippen molar-refractivity contribution in [2.75, 3.05) is 36.1 Å². The minimum atomic E-state index is -0.0383. The first-order valence-corrected chi connectivity index (χ1v) is 10.8. The van der Waals surface area contributed by atoms with Crippen LogP contribution in [0.5, 0.6) is 0 Å². The van der Waals surface area contributed by atoms with Gasteiger partial charge in [0.2, 0.25) is 5.91 Å². The first kappa shape index (κ1) is 20.2. The number of hydrogen-bond acceptors (Lipinski definition) is 5. The fraction of sp³-hybridized carbons (Fsp3) is 0.240. The Morgan fingerprint density at radius 2 is 1.62 bits per heavy atom. The van der Waals surface area contributed by atoms with Crippen molar-refractivity contribution >= 4 is 28.3 Å². The molecule has 1 amide bonds. The van der Waals surface area contributed by atoms with Crippen molar-refractivity contribution in [2.24, 2.45) is 0 Å². The maximum Gasteiger partial charge on any atom is 0.249 e. The Morgan fingerprint density at radius 3 is 2.41 bits per heavy atom. The van der Waals surface area contributed by atoms with Gasteiger partial charge in [0.25, 0.3) is 0 Å². The van der Waals surface area contributed by atoms with Crippen LogP contribution in [-0.2, 0) is 22.6 Å². The molecule has 0 bridgehead atoms. The third-order valence-electron chi connectivity index (χ3n) is 5.73. The van der Waals surface area contributed by atoms with E-state index in [0.29, 0.717) is 6.54 Å². The van der Waals surface area contributed by atoms with Gasteiger partial charge in [0.1, 0.15) is 12.1 Å². The van der Waals surface area contributed by atoms with Gasteiger partial charge in [-0.2, -0.15) is 0 Å². The molecule has 1 aliphatic rings. The van der Waals surface area contributed by atoms with Crippen LogP contribution < -0.4 is 9.80 Å². The number of morpholine rings is 1. The number of hydrogen-bond donors (Lipinski definition) is 0. The number of nitrogens with zero attached hydrogens (tertiary/aromatic N) is 5. The molecule has 0 saturated carbocycles. The molecule has 3 aromatic carbocycles. The maximum atomic E-state index is 13.5. The number of amides is 1. The van der Waals surface area contributed by atoms with E-state index >= 15 is 0 Å². The van der Waals surface area contributed by atoms with E-state index in [0.717, 1.165) is 54.3 Å². The van der Waals surface area contributed by atoms with E-state index in [1.54, 1.807) is 4.68 Å². The SMILES string of the molecule is O=C(Cn1nnc2ccccc21)N(Cc1ccccc1)c1ccc(N2CCOCC2)cc1. The normalized spacial score (nSPS) is 13.9. The van der Waals surface area contributed by atoms with Crippen LogP contribution in [0.1, 0.15) is 5.56 Å². The van der Waals surface area contributed by atoms with E-state index in [9.17, 15) is 4.79 Å². The van der Waals surface area contributed by atoms with Crippen molar-refractivity contribution in [1.82, 2.24) is 15.0 Å². The predicted octanol–water partition coefficient (Wildman–Crippen LogP) is 3.50. The second-order valence-electron chi connectivity index (χ2n) is 7.82. The average molecular weight is 428 g/mol. The highest BCUT2D eigenvalue weighted by molar-refractivity contribution is 5.94. The third-order valence-corrected chi connectivity index (χ3v) is 5.73. The van der Waals surface area contributed by atoms with Gasteiger partial charge in [-0.3, -0.25) is 4.79 Å². The van der Waals surface area contributed by atoms with E-state index < -0.39 is 0 Å². The zero-order chi connectivity index (χ0) is 21.8. The van der Waals surface area contributed by atoms with Gasteiger partial charge in [-0.05, 0) is 42.0 Å². The number of anilines is 2. The number of benzene rings is 3. The highest BCUT2D eigenvalue weighted by atomic mass is 16.5. The Hall–Kier alpha value is -3.71. The molecule has 162 valence electrons. The number of rotatable bonds is 6. The second kappa shape index (κ2) is 9.20. The quantitative estimate of drug-likeness (QED) is 0.471. The summed E-state index contributed by atoms with van der Waals surface area (Å²) in [6.45, 7) is 3.86. The molecular weight excluding hydrogens is 402 g/mol. The molecule has 5 rings (SSSR count). The van der Waals surface area contributed by atoms with Crippen molar-refractivity contribution < 1.29 is 9.53 Å². The van der Waals surface area contributed by atoms with Gasteiger partial charge >= 0.3 is 0 Å². The molecule has 0 N–H and O–H groups in total. The number of aromatic nitrogens is 3. The largest absolute Gasteiger partial charge is 0.378 e. The van der Waals surface area contributed by atoms with Crippen molar-refractivity contribution in [3.05, 3.63) is 84.4 Å². The number of fused-ring (bicyclic) bond motifs is 1. The lowest BCUT2D eigenvalue weighted by Crippen LogP contribution is -2.36. The summed E-state index contributed by atoms with van der Waals surface area (Å²) in [5, 5.41) is 8.37. The number of ether oxygens (including phenoxy) is 1. The molecule has 7 heteroatoms. The zero-order valence-electron chi connectivity index (χ0n) is 17.8. The minimum Gasteiger partial charge on any atom is -0.378 e. The number of para-hydroxylation sites is 1. The summed E-state index contributed by atoms with van der Waals surface area (Å²) in [6, 6.07) is 25.9. The van der Waals surface area contributed by atoms with E-state index in [-0.39, 0.29) is 12.5 Å². The topological polar surface area (TPSA) is 63.5 Å². The van der Waals surface area contributed by atoms with Crippen LogP contribution >= 0.6 is 0 Å². The lowest BCUT2D eigenvalue weighted by molar-refractivity contribution is -0.119. The Labute approximate surface area is 186 Å². The van der Waals surface area contributed by atoms with Gasteiger partial charge in [-0.15, -0.1) is 5.10 Å². The Kier molecular flexibility index (Phi) is 5.81. The molecule has 7 nitrogen and oxygen atoms in total. The van der Waals surface area contributed by atoms with Crippen LogP contribution in [0.4, 0.5) is 11.4 Å². The van der Waals surface area contributed by atoms with Gasteiger partial charge in [0.05, 0.1) is 25.3 Å². The Morgan fingerprint density at radius 1 is 0.906 bits per heavy atom. The summed E-state index contributed by atoms with van der Waals surface area (Å²) in [4.78, 5) is 17.6. The molecular formula is C25H25N5O2. The molecule has 0 spiro atoms. The molecule has 32 heavy (non-hydrogen) atoms. The van der Waals surface area contributed by atoms with Crippen molar-refractivity contribution in [2.45, 2.75) is 13.1 Å². The summed E-state index contributed by atoms with van der Waals surface area (Å²) in [5.74, 6) is -0.0383. The smallest absolute Gasteiger partial charge is 0.249 e. The lowest BCUT2D eigenvalue weighted by atomic mass is 10.1. The molecule has 0 atom stereocenters. The van der Waals surface area contributed by atoms with Crippen molar-refractivity contribution in [3.63, 3.8) is 0 Å². The van der Waals surface area contributed by atoms with Gasteiger partial charge in [-0.25, -0.2) is 4.68 Å². The predicted molar refractivity (Wildman–Crippen MR) is 125 cm³/mol. The summed E-state index contributed by atoms with van der Waals surface area (Å²) in [6.07, 6.45) is 0. The summed E-state index contributed by atoms with van der Waals surface area (Å²) in [5.41, 5.74) is 4.71. The Balaban J connectivity index is 1.41. The number of carbonyl (C=O) groups is 1. The van der Waals surface area contributed by atoms with Crippen molar-refractivity contribution in [3.8, 4) is 0 Å². The molecule has 0 radical (unpaired) electrons. The van der Waals surface area contributed by atoms with E-state index in [2.05, 4.69) is 27.3 Å². The molecule has 1 aliphatic heterocycles. The number of carbonyl (C=O) groups excluding carboxylic acids is 1. The molecule has 0 unspecified atom stereocenters. The standard InChI is InChI=1S/C25H25N5O2/c31-25(19-30-24-9-5-4-8-23(24)26-27-30)29(18-20-6-2-1-3-7-20)22-12-10-21(11-13-22)28-14-16-32-17-15-28/h1-13H,14-19H2. The first-order chi connectivity index (χ1) is 15.8. The summed E-state index contributed by atoms with van der Waals surface area (Å²) < 4.78 is 7.12. The van der Waals surface area contributed by atoms with Gasteiger partial charge in [-0.1, -0.05) is 47.7 Å².